The van der Waals surface area contributed by atoms with Crippen LogP contribution in [0.25, 0.3) is 0 Å². The minimum absolute atomic E-state index is 0.347. The molecule has 2 heterocycles. The van der Waals surface area contributed by atoms with Crippen LogP contribution in [0.4, 0.5) is 0 Å². The van der Waals surface area contributed by atoms with E-state index in [2.05, 4.69) is 11.2 Å². The Balaban J connectivity index is 2.27. The molecule has 0 amide bonds. The first-order valence-electron chi connectivity index (χ1n) is 6.31. The third kappa shape index (κ3) is 2.38. The maximum Gasteiger partial charge on any atom is 0.0850 e. The molecule has 4 nitrogen and oxygen atoms in total. The molecule has 0 spiro atoms. The number of hydrogen-bond donors (Lipinski definition) is 0. The largest absolute Gasteiger partial charge is 0.381 e. The van der Waals surface area contributed by atoms with Gasteiger partial charge >= 0.3 is 0 Å². The van der Waals surface area contributed by atoms with Crippen LogP contribution in [0.1, 0.15) is 31.2 Å². The van der Waals surface area contributed by atoms with E-state index in [0.29, 0.717) is 19.6 Å². The van der Waals surface area contributed by atoms with Crippen LogP contribution >= 0.6 is 11.6 Å². The first kappa shape index (κ1) is 13.4. The third-order valence-electron chi connectivity index (χ3n) is 3.70. The van der Waals surface area contributed by atoms with Crippen LogP contribution in [-0.2, 0) is 24.6 Å². The number of hydrogen-bond acceptors (Lipinski definition) is 3. The minimum Gasteiger partial charge on any atom is -0.381 e. The molecule has 0 atom stereocenters. The average molecular weight is 268 g/mol. The van der Waals surface area contributed by atoms with E-state index in [1.165, 1.54) is 0 Å². The van der Waals surface area contributed by atoms with Crippen molar-refractivity contribution in [2.75, 3.05) is 13.2 Å². The van der Waals surface area contributed by atoms with Gasteiger partial charge in [0.15, 0.2) is 0 Å². The van der Waals surface area contributed by atoms with Gasteiger partial charge in [0.25, 0.3) is 0 Å². The lowest BCUT2D eigenvalue weighted by atomic mass is 9.78. The van der Waals surface area contributed by atoms with Crippen molar-refractivity contribution in [2.24, 2.45) is 12.5 Å². The van der Waals surface area contributed by atoms with E-state index in [-0.39, 0.29) is 5.41 Å². The Morgan fingerprint density at radius 3 is 2.67 bits per heavy atom. The summed E-state index contributed by atoms with van der Waals surface area (Å²) in [6.07, 6.45) is 3.02. The average Bonchev–Trinajstić information content (AvgIpc) is 2.67. The molecule has 1 aliphatic rings. The lowest BCUT2D eigenvalue weighted by Gasteiger charge is -2.30. The zero-order chi connectivity index (χ0) is 13.2. The number of ether oxygens (including phenoxy) is 1. The molecule has 0 saturated carbocycles. The summed E-state index contributed by atoms with van der Waals surface area (Å²) in [4.78, 5) is 0. The molecule has 5 heteroatoms. The summed E-state index contributed by atoms with van der Waals surface area (Å²) in [7, 11) is 1.89. The van der Waals surface area contributed by atoms with Crippen molar-refractivity contribution in [1.82, 2.24) is 9.78 Å². The van der Waals surface area contributed by atoms with Crippen molar-refractivity contribution in [1.29, 1.82) is 5.26 Å². The van der Waals surface area contributed by atoms with Crippen LogP contribution in [0.3, 0.4) is 0 Å². The smallest absolute Gasteiger partial charge is 0.0850 e. The molecule has 1 fully saturated rings. The van der Waals surface area contributed by atoms with Crippen LogP contribution in [0.15, 0.2) is 0 Å². The lowest BCUT2D eigenvalue weighted by Crippen LogP contribution is -2.31. The summed E-state index contributed by atoms with van der Waals surface area (Å²) in [5.41, 5.74) is 1.53. The van der Waals surface area contributed by atoms with Crippen LogP contribution in [0.2, 0.25) is 5.02 Å². The highest BCUT2D eigenvalue weighted by Gasteiger charge is 2.35. The number of halogens is 1. The molecule has 1 saturated heterocycles. The zero-order valence-corrected chi connectivity index (χ0v) is 11.6. The minimum atomic E-state index is -0.347. The highest BCUT2D eigenvalue weighted by Crippen LogP contribution is 2.36. The number of aromatic nitrogens is 2. The Kier molecular flexibility index (Phi) is 3.94. The molecule has 0 bridgehead atoms. The predicted molar refractivity (Wildman–Crippen MR) is 69.4 cm³/mol. The molecule has 98 valence electrons. The molecule has 1 aromatic heterocycles. The quantitative estimate of drug-likeness (QED) is 0.845. The van der Waals surface area contributed by atoms with Crippen molar-refractivity contribution in [2.45, 2.75) is 32.6 Å². The van der Waals surface area contributed by atoms with Crippen molar-refractivity contribution in [3.05, 3.63) is 16.4 Å². The fraction of sp³-hybridized carbons (Fsp3) is 0.692. The summed E-state index contributed by atoms with van der Waals surface area (Å²) in [6, 6.07) is 2.47. The van der Waals surface area contributed by atoms with E-state index in [0.717, 1.165) is 35.7 Å². The fourth-order valence-electron chi connectivity index (χ4n) is 2.42. The summed E-state index contributed by atoms with van der Waals surface area (Å²) in [6.45, 7) is 3.35. The van der Waals surface area contributed by atoms with Gasteiger partial charge in [-0.15, -0.1) is 0 Å². The zero-order valence-electron chi connectivity index (χ0n) is 10.9. The SMILES string of the molecule is CCc1nn(C)c(CC2(C#N)CCOCC2)c1Cl. The standard InChI is InChI=1S/C13H18ClN3O/c1-3-10-12(14)11(17(2)16-10)8-13(9-15)4-6-18-7-5-13/h3-8H2,1-2H3. The molecule has 1 aromatic rings. The van der Waals surface area contributed by atoms with Crippen molar-refractivity contribution >= 4 is 11.6 Å². The molecular formula is C13H18ClN3O. The normalized spacial score (nSPS) is 18.6. The molecule has 2 rings (SSSR count). The second-order valence-corrected chi connectivity index (χ2v) is 5.24. The highest BCUT2D eigenvalue weighted by molar-refractivity contribution is 6.31. The molecule has 0 radical (unpaired) electrons. The maximum absolute atomic E-state index is 9.47. The van der Waals surface area contributed by atoms with E-state index in [9.17, 15) is 5.26 Å². The Bertz CT molecular complexity index is 469. The van der Waals surface area contributed by atoms with Gasteiger partial charge in [0.1, 0.15) is 0 Å². The first-order valence-corrected chi connectivity index (χ1v) is 6.69. The van der Waals surface area contributed by atoms with Crippen LogP contribution < -0.4 is 0 Å². The Hall–Kier alpha value is -1.05. The monoisotopic (exact) mass is 267 g/mol. The van der Waals surface area contributed by atoms with Crippen molar-refractivity contribution in [3.63, 3.8) is 0 Å². The molecule has 18 heavy (non-hydrogen) atoms. The van der Waals surface area contributed by atoms with Crippen LogP contribution in [0.5, 0.6) is 0 Å². The second-order valence-electron chi connectivity index (χ2n) is 4.87. The fourth-order valence-corrected chi connectivity index (χ4v) is 2.78. The number of nitriles is 1. The van der Waals surface area contributed by atoms with Gasteiger partial charge < -0.3 is 4.74 Å². The molecule has 0 unspecified atom stereocenters. The van der Waals surface area contributed by atoms with Gasteiger partial charge in [0.2, 0.25) is 0 Å². The molecular weight excluding hydrogens is 250 g/mol. The lowest BCUT2D eigenvalue weighted by molar-refractivity contribution is 0.0399. The van der Waals surface area contributed by atoms with Gasteiger partial charge in [0, 0.05) is 26.7 Å². The molecule has 1 aliphatic heterocycles. The summed E-state index contributed by atoms with van der Waals surface area (Å²) in [5, 5.41) is 14.6. The van der Waals surface area contributed by atoms with Gasteiger partial charge in [-0.05, 0) is 19.3 Å². The second kappa shape index (κ2) is 5.29. The molecule has 0 N–H and O–H groups in total. The van der Waals surface area contributed by atoms with Crippen molar-refractivity contribution < 1.29 is 4.74 Å². The van der Waals surface area contributed by atoms with E-state index in [4.69, 9.17) is 16.3 Å². The number of aryl methyl sites for hydroxylation is 2. The van der Waals surface area contributed by atoms with E-state index < -0.39 is 0 Å². The van der Waals surface area contributed by atoms with Gasteiger partial charge in [-0.1, -0.05) is 18.5 Å². The van der Waals surface area contributed by atoms with Gasteiger partial charge in [-0.25, -0.2) is 0 Å². The number of nitrogens with zero attached hydrogens (tertiary/aromatic N) is 3. The maximum atomic E-state index is 9.47. The van der Waals surface area contributed by atoms with Crippen molar-refractivity contribution in [3.8, 4) is 6.07 Å². The van der Waals surface area contributed by atoms with Crippen LogP contribution in [0, 0.1) is 16.7 Å². The van der Waals surface area contributed by atoms with E-state index in [1.54, 1.807) is 0 Å². The van der Waals surface area contributed by atoms with E-state index >= 15 is 0 Å². The topological polar surface area (TPSA) is 50.8 Å². The van der Waals surface area contributed by atoms with E-state index in [1.807, 2.05) is 18.7 Å². The molecule has 0 aromatic carbocycles. The first-order chi connectivity index (χ1) is 8.62. The third-order valence-corrected chi connectivity index (χ3v) is 4.13. The summed E-state index contributed by atoms with van der Waals surface area (Å²) in [5.74, 6) is 0. The van der Waals surface area contributed by atoms with Gasteiger partial charge in [-0.2, -0.15) is 10.4 Å². The number of rotatable bonds is 3. The Morgan fingerprint density at radius 1 is 1.50 bits per heavy atom. The molecule has 0 aliphatic carbocycles. The predicted octanol–water partition coefficient (Wildman–Crippen LogP) is 2.50. The Labute approximate surface area is 112 Å². The van der Waals surface area contributed by atoms with Gasteiger partial charge in [0.05, 0.1) is 27.9 Å². The summed E-state index contributed by atoms with van der Waals surface area (Å²) < 4.78 is 7.16. The van der Waals surface area contributed by atoms with Crippen LogP contribution in [-0.4, -0.2) is 23.0 Å². The van der Waals surface area contributed by atoms with Gasteiger partial charge in [-0.3, -0.25) is 4.68 Å². The Morgan fingerprint density at radius 2 is 2.17 bits per heavy atom. The summed E-state index contributed by atoms with van der Waals surface area (Å²) >= 11 is 6.34. The highest BCUT2D eigenvalue weighted by atomic mass is 35.5.